The number of hydrogen-bond acceptors (Lipinski definition) is 1. The number of benzene rings is 2. The molecule has 2 heterocycles. The summed E-state index contributed by atoms with van der Waals surface area (Å²) >= 11 is 0. The van der Waals surface area contributed by atoms with Crippen LogP contribution >= 0.6 is 0 Å². The third-order valence-corrected chi connectivity index (χ3v) is 5.27. The van der Waals surface area contributed by atoms with Crippen LogP contribution in [0.25, 0.3) is 0 Å². The number of carbonyl (C=O) groups is 1. The molecule has 0 fully saturated rings. The molecule has 0 unspecified atom stereocenters. The van der Waals surface area contributed by atoms with Gasteiger partial charge in [0.25, 0.3) is 0 Å². The lowest BCUT2D eigenvalue weighted by Crippen LogP contribution is -2.37. The topological polar surface area (TPSA) is 25.2 Å². The summed E-state index contributed by atoms with van der Waals surface area (Å²) in [6.07, 6.45) is 5.53. The number of aromatic nitrogens is 1. The van der Waals surface area contributed by atoms with Crippen molar-refractivity contribution in [2.75, 3.05) is 6.54 Å². The van der Waals surface area contributed by atoms with Crippen molar-refractivity contribution in [3.63, 3.8) is 0 Å². The number of hydrogen-bond donors (Lipinski definition) is 0. The molecule has 0 bridgehead atoms. The maximum Gasteiger partial charge on any atom is 0.225 e. The van der Waals surface area contributed by atoms with E-state index in [1.54, 1.807) is 0 Å². The molecule has 0 N–H and O–H groups in total. The van der Waals surface area contributed by atoms with Gasteiger partial charge in [0.05, 0.1) is 12.5 Å². The molecule has 0 aliphatic carbocycles. The van der Waals surface area contributed by atoms with Gasteiger partial charge in [-0.3, -0.25) is 4.79 Å². The number of aryl methyl sites for hydroxylation is 1. The first-order valence-corrected chi connectivity index (χ1v) is 9.24. The Hall–Kier alpha value is -2.81. The van der Waals surface area contributed by atoms with Crippen LogP contribution in [0.2, 0.25) is 0 Å². The molecule has 1 amide bonds. The lowest BCUT2D eigenvalue weighted by molar-refractivity contribution is -0.132. The van der Waals surface area contributed by atoms with Crippen LogP contribution in [0.15, 0.2) is 73.1 Å². The molecule has 3 nitrogen and oxygen atoms in total. The number of carbonyl (C=O) groups excluding carboxylic acids is 1. The summed E-state index contributed by atoms with van der Waals surface area (Å²) in [6, 6.07) is 21.0. The van der Waals surface area contributed by atoms with E-state index in [2.05, 4.69) is 60.0 Å². The summed E-state index contributed by atoms with van der Waals surface area (Å²) in [7, 11) is 0. The van der Waals surface area contributed by atoms with Crippen LogP contribution in [0.4, 0.5) is 0 Å². The molecule has 0 spiro atoms. The molecule has 0 saturated carbocycles. The highest BCUT2D eigenvalue weighted by atomic mass is 16.2. The fraction of sp³-hybridized carbons (Fsp3) is 0.261. The van der Waals surface area contributed by atoms with Crippen LogP contribution in [0.1, 0.15) is 34.7 Å². The van der Waals surface area contributed by atoms with Gasteiger partial charge in [0.15, 0.2) is 0 Å². The zero-order chi connectivity index (χ0) is 17.9. The smallest absolute Gasteiger partial charge is 0.225 e. The quantitative estimate of drug-likeness (QED) is 0.690. The first kappa shape index (κ1) is 16.6. The lowest BCUT2D eigenvalue weighted by Gasteiger charge is -2.30. The van der Waals surface area contributed by atoms with Crippen LogP contribution < -0.4 is 0 Å². The fourth-order valence-corrected chi connectivity index (χ4v) is 3.83. The predicted molar refractivity (Wildman–Crippen MR) is 104 cm³/mol. The maximum absolute atomic E-state index is 13.1. The zero-order valence-electron chi connectivity index (χ0n) is 15.1. The van der Waals surface area contributed by atoms with Crippen molar-refractivity contribution in [3.05, 3.63) is 95.3 Å². The molecule has 1 aliphatic heterocycles. The molecule has 3 heteroatoms. The van der Waals surface area contributed by atoms with E-state index < -0.39 is 0 Å². The molecule has 0 radical (unpaired) electrons. The van der Waals surface area contributed by atoms with E-state index in [9.17, 15) is 4.79 Å². The molecule has 0 saturated heterocycles. The maximum atomic E-state index is 13.1. The first-order valence-electron chi connectivity index (χ1n) is 9.24. The van der Waals surface area contributed by atoms with Crippen LogP contribution in [-0.4, -0.2) is 21.9 Å². The molecule has 1 atom stereocenters. The Morgan fingerprint density at radius 1 is 1.00 bits per heavy atom. The largest absolute Gasteiger partial charge is 0.346 e. The van der Waals surface area contributed by atoms with E-state index >= 15 is 0 Å². The normalized spacial score (nSPS) is 14.7. The molecular weight excluding hydrogens is 320 g/mol. The highest BCUT2D eigenvalue weighted by Gasteiger charge is 2.24. The Morgan fingerprint density at radius 3 is 2.54 bits per heavy atom. The van der Waals surface area contributed by atoms with Crippen molar-refractivity contribution in [1.82, 2.24) is 9.47 Å². The van der Waals surface area contributed by atoms with Gasteiger partial charge in [-0.25, -0.2) is 0 Å². The summed E-state index contributed by atoms with van der Waals surface area (Å²) in [6.45, 7) is 3.63. The van der Waals surface area contributed by atoms with Crippen molar-refractivity contribution >= 4 is 5.91 Å². The van der Waals surface area contributed by atoms with E-state index in [1.807, 2.05) is 29.4 Å². The average molecular weight is 344 g/mol. The van der Waals surface area contributed by atoms with E-state index in [-0.39, 0.29) is 11.9 Å². The number of amides is 1. The van der Waals surface area contributed by atoms with Crippen molar-refractivity contribution in [3.8, 4) is 0 Å². The first-order chi connectivity index (χ1) is 12.7. The second-order valence-corrected chi connectivity index (χ2v) is 7.10. The summed E-state index contributed by atoms with van der Waals surface area (Å²) in [5.41, 5.74) is 5.06. The molecule has 1 aromatic heterocycles. The third kappa shape index (κ3) is 3.43. The summed E-state index contributed by atoms with van der Waals surface area (Å²) < 4.78 is 2.14. The van der Waals surface area contributed by atoms with Gasteiger partial charge in [0.2, 0.25) is 5.91 Å². The molecule has 2 aromatic carbocycles. The van der Waals surface area contributed by atoms with Crippen LogP contribution in [0.3, 0.4) is 0 Å². The number of nitrogens with zero attached hydrogens (tertiary/aromatic N) is 2. The Kier molecular flexibility index (Phi) is 4.61. The second kappa shape index (κ2) is 7.20. The van der Waals surface area contributed by atoms with E-state index in [1.165, 1.54) is 22.3 Å². The molecule has 3 aromatic rings. The van der Waals surface area contributed by atoms with Gasteiger partial charge in [-0.1, -0.05) is 54.1 Å². The molecule has 26 heavy (non-hydrogen) atoms. The standard InChI is InChI=1S/C23H24N2O/c1-18-7-6-10-20(15-18)22(24-12-4-5-13-24)16-23(26)25-14-11-19-8-2-3-9-21(19)17-25/h2-10,12-13,15,22H,11,14,16-17H2,1H3/t22-/m1/s1. The van der Waals surface area contributed by atoms with Gasteiger partial charge < -0.3 is 9.47 Å². The Bertz CT molecular complexity index is 898. The van der Waals surface area contributed by atoms with Crippen LogP contribution in [-0.2, 0) is 17.8 Å². The Balaban J connectivity index is 1.56. The van der Waals surface area contributed by atoms with E-state index in [4.69, 9.17) is 0 Å². The second-order valence-electron chi connectivity index (χ2n) is 7.10. The van der Waals surface area contributed by atoms with Gasteiger partial charge in [-0.2, -0.15) is 0 Å². The van der Waals surface area contributed by atoms with Crippen LogP contribution in [0, 0.1) is 6.92 Å². The van der Waals surface area contributed by atoms with Crippen molar-refractivity contribution in [1.29, 1.82) is 0 Å². The minimum Gasteiger partial charge on any atom is -0.346 e. The summed E-state index contributed by atoms with van der Waals surface area (Å²) in [5.74, 6) is 0.222. The SMILES string of the molecule is Cc1cccc([C@@H](CC(=O)N2CCc3ccccc3C2)n2cccc2)c1. The van der Waals surface area contributed by atoms with E-state index in [0.29, 0.717) is 6.42 Å². The minimum absolute atomic E-state index is 0.0366. The monoisotopic (exact) mass is 344 g/mol. The number of fused-ring (bicyclic) bond motifs is 1. The Labute approximate surface area is 154 Å². The van der Waals surface area contributed by atoms with Crippen LogP contribution in [0.5, 0.6) is 0 Å². The van der Waals surface area contributed by atoms with E-state index in [0.717, 1.165) is 19.5 Å². The average Bonchev–Trinajstić information content (AvgIpc) is 3.20. The lowest BCUT2D eigenvalue weighted by atomic mass is 9.97. The predicted octanol–water partition coefficient (Wildman–Crippen LogP) is 4.36. The van der Waals surface area contributed by atoms with Crippen molar-refractivity contribution in [2.45, 2.75) is 32.4 Å². The molecule has 4 rings (SSSR count). The number of rotatable bonds is 4. The highest BCUT2D eigenvalue weighted by Crippen LogP contribution is 2.26. The van der Waals surface area contributed by atoms with Gasteiger partial charge in [0, 0.05) is 25.5 Å². The van der Waals surface area contributed by atoms with Gasteiger partial charge in [-0.05, 0) is 42.2 Å². The van der Waals surface area contributed by atoms with Gasteiger partial charge >= 0.3 is 0 Å². The summed E-state index contributed by atoms with van der Waals surface area (Å²) in [4.78, 5) is 15.1. The zero-order valence-corrected chi connectivity index (χ0v) is 15.1. The molecule has 1 aliphatic rings. The van der Waals surface area contributed by atoms with Crippen molar-refractivity contribution < 1.29 is 4.79 Å². The Morgan fingerprint density at radius 2 is 1.77 bits per heavy atom. The van der Waals surface area contributed by atoms with Crippen molar-refractivity contribution in [2.24, 2.45) is 0 Å². The van der Waals surface area contributed by atoms with Gasteiger partial charge in [-0.15, -0.1) is 0 Å². The third-order valence-electron chi connectivity index (χ3n) is 5.27. The molecule has 132 valence electrons. The molecular formula is C23H24N2O. The minimum atomic E-state index is 0.0366. The fourth-order valence-electron chi connectivity index (χ4n) is 3.83. The highest BCUT2D eigenvalue weighted by molar-refractivity contribution is 5.77. The summed E-state index contributed by atoms with van der Waals surface area (Å²) in [5, 5.41) is 0. The van der Waals surface area contributed by atoms with Gasteiger partial charge in [0.1, 0.15) is 0 Å².